The zero-order valence-electron chi connectivity index (χ0n) is 11.5. The number of nitrogens with one attached hydrogen (secondary N) is 1. The number of aromatic amines is 1. The molecule has 104 valence electrons. The molecule has 2 rings (SSSR count). The zero-order chi connectivity index (χ0) is 14.7. The van der Waals surface area contributed by atoms with E-state index >= 15 is 0 Å². The van der Waals surface area contributed by atoms with Crippen LogP contribution >= 0.6 is 0 Å². The van der Waals surface area contributed by atoms with Crippen LogP contribution in [0.1, 0.15) is 36.3 Å². The number of carbonyl (C=O) groups excluding carboxylic acids is 2. The number of rotatable bonds is 5. The lowest BCUT2D eigenvalue weighted by molar-refractivity contribution is -0.116. The van der Waals surface area contributed by atoms with Crippen molar-refractivity contribution in [1.29, 1.82) is 0 Å². The van der Waals surface area contributed by atoms with Crippen LogP contribution in [0.5, 0.6) is 0 Å². The van der Waals surface area contributed by atoms with Gasteiger partial charge in [-0.15, -0.1) is 0 Å². The van der Waals surface area contributed by atoms with Crippen LogP contribution < -0.4 is 5.56 Å². The van der Waals surface area contributed by atoms with Crippen molar-refractivity contribution in [1.82, 2.24) is 9.78 Å². The van der Waals surface area contributed by atoms with Crippen molar-refractivity contribution in [3.05, 3.63) is 51.9 Å². The monoisotopic (exact) mass is 272 g/mol. The van der Waals surface area contributed by atoms with Gasteiger partial charge < -0.3 is 0 Å². The van der Waals surface area contributed by atoms with E-state index in [2.05, 4.69) is 5.10 Å². The second-order valence-corrected chi connectivity index (χ2v) is 4.60. The predicted molar refractivity (Wildman–Crippen MR) is 75.4 cm³/mol. The van der Waals surface area contributed by atoms with Gasteiger partial charge in [0.2, 0.25) is 0 Å². The Morgan fingerprint density at radius 3 is 2.40 bits per heavy atom. The van der Waals surface area contributed by atoms with E-state index in [9.17, 15) is 14.4 Å². The fourth-order valence-corrected chi connectivity index (χ4v) is 2.10. The first-order valence-corrected chi connectivity index (χ1v) is 6.46. The van der Waals surface area contributed by atoms with Crippen molar-refractivity contribution in [2.45, 2.75) is 26.7 Å². The molecule has 1 aromatic carbocycles. The second-order valence-electron chi connectivity index (χ2n) is 4.60. The Kier molecular flexibility index (Phi) is 3.98. The Morgan fingerprint density at radius 1 is 1.20 bits per heavy atom. The summed E-state index contributed by atoms with van der Waals surface area (Å²) in [7, 11) is 0. The standard InChI is InChI=1S/C15H16N2O3/c1-3-12-14(13(19)9-10(2)18)15(20)17(16-12)11-7-5-4-6-8-11/h4-8,16H,3,9H2,1-2H3. The summed E-state index contributed by atoms with van der Waals surface area (Å²) in [6, 6.07) is 9.02. The van der Waals surface area contributed by atoms with Crippen LogP contribution in [0.25, 0.3) is 5.69 Å². The van der Waals surface area contributed by atoms with E-state index in [0.717, 1.165) is 0 Å². The highest BCUT2D eigenvalue weighted by atomic mass is 16.2. The van der Waals surface area contributed by atoms with Crippen LogP contribution in [0.3, 0.4) is 0 Å². The van der Waals surface area contributed by atoms with Gasteiger partial charge in [-0.25, -0.2) is 4.68 Å². The summed E-state index contributed by atoms with van der Waals surface area (Å²) in [6.07, 6.45) is 0.281. The molecule has 5 nitrogen and oxygen atoms in total. The molecule has 1 N–H and O–H groups in total. The van der Waals surface area contributed by atoms with Crippen molar-refractivity contribution in [3.63, 3.8) is 0 Å². The molecule has 0 saturated heterocycles. The number of ketones is 2. The van der Waals surface area contributed by atoms with E-state index in [0.29, 0.717) is 17.8 Å². The highest BCUT2D eigenvalue weighted by Gasteiger charge is 2.21. The Balaban J connectivity index is 2.54. The number of benzene rings is 1. The van der Waals surface area contributed by atoms with Gasteiger partial charge in [-0.1, -0.05) is 25.1 Å². The number of hydrogen-bond acceptors (Lipinski definition) is 3. The topological polar surface area (TPSA) is 71.9 Å². The molecule has 0 spiro atoms. The van der Waals surface area contributed by atoms with Gasteiger partial charge in [0.15, 0.2) is 5.78 Å². The quantitative estimate of drug-likeness (QED) is 0.667. The van der Waals surface area contributed by atoms with Gasteiger partial charge >= 0.3 is 0 Å². The largest absolute Gasteiger partial charge is 0.300 e. The fraction of sp³-hybridized carbons (Fsp3) is 0.267. The van der Waals surface area contributed by atoms with E-state index in [1.165, 1.54) is 11.6 Å². The van der Waals surface area contributed by atoms with Crippen LogP contribution in [0.2, 0.25) is 0 Å². The van der Waals surface area contributed by atoms with Crippen LogP contribution in [0.15, 0.2) is 35.1 Å². The number of aryl methyl sites for hydroxylation is 1. The molecular weight excluding hydrogens is 256 g/mol. The molecule has 0 aliphatic heterocycles. The van der Waals surface area contributed by atoms with E-state index in [1.807, 2.05) is 25.1 Å². The maximum absolute atomic E-state index is 12.4. The van der Waals surface area contributed by atoms with Crippen molar-refractivity contribution in [2.24, 2.45) is 0 Å². The van der Waals surface area contributed by atoms with Gasteiger partial charge in [0, 0.05) is 5.69 Å². The summed E-state index contributed by atoms with van der Waals surface area (Å²) in [5, 5.41) is 2.94. The third kappa shape index (κ3) is 2.61. The Morgan fingerprint density at radius 2 is 1.85 bits per heavy atom. The van der Waals surface area contributed by atoms with Gasteiger partial charge in [-0.2, -0.15) is 0 Å². The summed E-state index contributed by atoms with van der Waals surface area (Å²) in [4.78, 5) is 35.5. The van der Waals surface area contributed by atoms with Crippen molar-refractivity contribution < 1.29 is 9.59 Å². The van der Waals surface area contributed by atoms with Crippen LogP contribution in [0, 0.1) is 0 Å². The van der Waals surface area contributed by atoms with E-state index in [-0.39, 0.29) is 17.8 Å². The van der Waals surface area contributed by atoms with Crippen LogP contribution in [0.4, 0.5) is 0 Å². The molecule has 0 fully saturated rings. The predicted octanol–water partition coefficient (Wildman–Crippen LogP) is 1.89. The molecule has 20 heavy (non-hydrogen) atoms. The zero-order valence-corrected chi connectivity index (χ0v) is 11.5. The molecule has 0 radical (unpaired) electrons. The molecule has 0 aliphatic carbocycles. The molecule has 0 amide bonds. The molecule has 1 heterocycles. The molecule has 1 aromatic heterocycles. The Labute approximate surface area is 116 Å². The first-order valence-electron chi connectivity index (χ1n) is 6.46. The first kappa shape index (κ1) is 14.0. The molecule has 0 saturated carbocycles. The van der Waals surface area contributed by atoms with Crippen molar-refractivity contribution >= 4 is 11.6 Å². The number of H-pyrrole nitrogens is 1. The van der Waals surface area contributed by atoms with E-state index in [4.69, 9.17) is 0 Å². The number of hydrogen-bond donors (Lipinski definition) is 1. The molecular formula is C15H16N2O3. The maximum atomic E-state index is 12.4. The summed E-state index contributed by atoms with van der Waals surface area (Å²) in [6.45, 7) is 3.19. The highest BCUT2D eigenvalue weighted by Crippen LogP contribution is 2.10. The fourth-order valence-electron chi connectivity index (χ4n) is 2.10. The van der Waals surface area contributed by atoms with Crippen LogP contribution in [-0.4, -0.2) is 21.3 Å². The van der Waals surface area contributed by atoms with Gasteiger partial charge in [-0.3, -0.25) is 19.5 Å². The summed E-state index contributed by atoms with van der Waals surface area (Å²) < 4.78 is 1.34. The minimum Gasteiger partial charge on any atom is -0.300 e. The Bertz CT molecular complexity index is 696. The lowest BCUT2D eigenvalue weighted by Crippen LogP contribution is -2.21. The number of nitrogens with zero attached hydrogens (tertiary/aromatic N) is 1. The smallest absolute Gasteiger partial charge is 0.282 e. The Hall–Kier alpha value is -2.43. The maximum Gasteiger partial charge on any atom is 0.282 e. The van der Waals surface area contributed by atoms with Gasteiger partial charge in [0.1, 0.15) is 11.3 Å². The van der Waals surface area contributed by atoms with Gasteiger partial charge in [-0.05, 0) is 25.5 Å². The average molecular weight is 272 g/mol. The second kappa shape index (κ2) is 5.69. The molecule has 0 aliphatic rings. The van der Waals surface area contributed by atoms with Crippen molar-refractivity contribution in [2.75, 3.05) is 0 Å². The van der Waals surface area contributed by atoms with E-state index in [1.54, 1.807) is 12.1 Å². The number of Topliss-reactive ketones (excluding diaryl/α,β-unsaturated/α-hetero) is 2. The third-order valence-electron chi connectivity index (χ3n) is 3.02. The number of para-hydroxylation sites is 1. The average Bonchev–Trinajstić information content (AvgIpc) is 2.76. The van der Waals surface area contributed by atoms with Crippen LogP contribution in [-0.2, 0) is 11.2 Å². The van der Waals surface area contributed by atoms with Gasteiger partial charge in [0.25, 0.3) is 5.56 Å². The lowest BCUT2D eigenvalue weighted by Gasteiger charge is -1.99. The third-order valence-corrected chi connectivity index (χ3v) is 3.02. The van der Waals surface area contributed by atoms with Crippen molar-refractivity contribution in [3.8, 4) is 5.69 Å². The molecule has 0 atom stereocenters. The summed E-state index contributed by atoms with van der Waals surface area (Å²) in [5.41, 5.74) is 0.907. The van der Waals surface area contributed by atoms with E-state index < -0.39 is 11.3 Å². The molecule has 0 bridgehead atoms. The lowest BCUT2D eigenvalue weighted by atomic mass is 10.1. The minimum atomic E-state index is -0.426. The molecule has 0 unspecified atom stereocenters. The molecule has 2 aromatic rings. The normalized spacial score (nSPS) is 10.5. The number of carbonyl (C=O) groups is 2. The SMILES string of the molecule is CCc1[nH]n(-c2ccccc2)c(=O)c1C(=O)CC(C)=O. The summed E-state index contributed by atoms with van der Waals surface area (Å²) in [5.74, 6) is -0.672. The number of aromatic nitrogens is 2. The molecule has 5 heteroatoms. The highest BCUT2D eigenvalue weighted by molar-refractivity contribution is 6.07. The minimum absolute atomic E-state index is 0.0894. The van der Waals surface area contributed by atoms with Gasteiger partial charge in [0.05, 0.1) is 12.1 Å². The first-order chi connectivity index (χ1) is 9.54. The summed E-state index contributed by atoms with van der Waals surface area (Å²) >= 11 is 0.